The van der Waals surface area contributed by atoms with Crippen LogP contribution in [0.25, 0.3) is 32.9 Å². The fraction of sp³-hybridized carbons (Fsp3) is 0.571. The van der Waals surface area contributed by atoms with Crippen molar-refractivity contribution in [2.45, 2.75) is 102 Å². The van der Waals surface area contributed by atoms with Crippen LogP contribution in [-0.4, -0.2) is 120 Å². The van der Waals surface area contributed by atoms with Crippen molar-refractivity contribution in [2.24, 2.45) is 0 Å². The smallest absolute Gasteiger partial charge is 0.411 e. The zero-order chi connectivity index (χ0) is 41.9. The lowest BCUT2D eigenvalue weighted by Gasteiger charge is -2.49. The molecule has 4 aliphatic rings. The molecule has 0 spiro atoms. The van der Waals surface area contributed by atoms with Crippen molar-refractivity contribution in [1.29, 1.82) is 0 Å². The van der Waals surface area contributed by atoms with Crippen LogP contribution in [0.2, 0.25) is 0 Å². The number of alkyl halides is 3. The number of hydrogen-bond acceptors (Lipinski definition) is 11. The zero-order valence-corrected chi connectivity index (χ0v) is 33.8. The van der Waals surface area contributed by atoms with Crippen LogP contribution >= 0.6 is 0 Å². The van der Waals surface area contributed by atoms with Gasteiger partial charge in [0.25, 0.3) is 0 Å². The highest BCUT2D eigenvalue weighted by Gasteiger charge is 2.56. The van der Waals surface area contributed by atoms with Crippen LogP contribution in [0.15, 0.2) is 30.5 Å². The van der Waals surface area contributed by atoms with Crippen molar-refractivity contribution >= 4 is 33.6 Å². The molecule has 0 radical (unpaired) electrons. The average Bonchev–Trinajstić information content (AvgIpc) is 3.80. The number of amides is 1. The number of carbonyl (C=O) groups is 1. The summed E-state index contributed by atoms with van der Waals surface area (Å²) in [4.78, 5) is 33.1. The van der Waals surface area contributed by atoms with E-state index >= 15 is 8.78 Å². The van der Waals surface area contributed by atoms with Crippen LogP contribution in [0.4, 0.5) is 32.6 Å². The standard InChI is InChI=1S/C42H49F5N6O6/c1-6-28-31(44)9-8-24-14-27(58-23-55-5)15-29(32(24)28)34-33(45)35-30(17-48-34)36(50-38(49-35)57-21-41-11-7-13-52(41)18-25(43)16-41)51-19-26-10-12-42(20-51,22-56-37(46)47)53(26)39(54)59-40(2,3)4/h8-9,14-15,17,25-26,37H,6-7,10-13,16,18-23H2,1-5H3/t25-,26+,41+,42-/m1/s1. The summed E-state index contributed by atoms with van der Waals surface area (Å²) in [5, 5.41) is 1.24. The van der Waals surface area contributed by atoms with E-state index in [0.29, 0.717) is 54.3 Å². The largest absolute Gasteiger partial charge is 0.468 e. The Morgan fingerprint density at radius 3 is 2.61 bits per heavy atom. The first-order chi connectivity index (χ1) is 28.1. The summed E-state index contributed by atoms with van der Waals surface area (Å²) in [6.45, 7) is 4.56. The Labute approximate surface area is 338 Å². The van der Waals surface area contributed by atoms with E-state index < -0.39 is 59.8 Å². The molecule has 318 valence electrons. The second-order valence-corrected chi connectivity index (χ2v) is 17.1. The second kappa shape index (κ2) is 15.8. The minimum Gasteiger partial charge on any atom is -0.468 e. The van der Waals surface area contributed by atoms with Gasteiger partial charge in [0.05, 0.1) is 29.1 Å². The molecule has 8 rings (SSSR count). The molecule has 6 heterocycles. The summed E-state index contributed by atoms with van der Waals surface area (Å²) in [5.74, 6) is -0.752. The van der Waals surface area contributed by atoms with Crippen molar-refractivity contribution in [2.75, 3.05) is 58.2 Å². The molecular weight excluding hydrogens is 779 g/mol. The number of aryl methyl sites for hydroxylation is 1. The first kappa shape index (κ1) is 41.1. The SMILES string of the molecule is CCc1c(F)ccc2cc(OCOC)cc(-c3ncc4c(N5C[C@@H]6CC[C@](COC(F)F)(C5)N6C(=O)OC(C)(C)C)nc(OC[C@@]56CCCN5C[C@H](F)C6)nc4c3F)c12. The number of benzene rings is 2. The van der Waals surface area contributed by atoms with Crippen molar-refractivity contribution in [3.05, 3.63) is 47.7 Å². The number of fused-ring (bicyclic) bond motifs is 5. The Kier molecular flexibility index (Phi) is 11.0. The number of methoxy groups -OCH3 is 1. The number of rotatable bonds is 12. The van der Waals surface area contributed by atoms with E-state index in [-0.39, 0.29) is 66.9 Å². The Morgan fingerprint density at radius 2 is 1.86 bits per heavy atom. The third kappa shape index (κ3) is 7.69. The van der Waals surface area contributed by atoms with Gasteiger partial charge >= 0.3 is 18.7 Å². The number of piperazine rings is 1. The van der Waals surface area contributed by atoms with Gasteiger partial charge in [-0.3, -0.25) is 14.8 Å². The summed E-state index contributed by atoms with van der Waals surface area (Å²) in [5.41, 5.74) is -2.34. The van der Waals surface area contributed by atoms with Crippen LogP contribution < -0.4 is 14.4 Å². The average molecular weight is 829 g/mol. The molecule has 2 aromatic carbocycles. The number of ether oxygens (including phenoxy) is 5. The zero-order valence-electron chi connectivity index (χ0n) is 33.8. The molecule has 4 atom stereocenters. The highest BCUT2D eigenvalue weighted by Crippen LogP contribution is 2.45. The summed E-state index contributed by atoms with van der Waals surface area (Å²) < 4.78 is 103. The number of halogens is 5. The maximum Gasteiger partial charge on any atom is 0.411 e. The molecule has 2 bridgehead atoms. The Hall–Kier alpha value is -4.61. The summed E-state index contributed by atoms with van der Waals surface area (Å²) in [6, 6.07) is 5.58. The van der Waals surface area contributed by atoms with Gasteiger partial charge in [-0.1, -0.05) is 13.0 Å². The number of carbonyl (C=O) groups excluding carboxylic acids is 1. The van der Waals surface area contributed by atoms with E-state index in [4.69, 9.17) is 28.7 Å². The van der Waals surface area contributed by atoms with Crippen LogP contribution in [0.3, 0.4) is 0 Å². The first-order valence-corrected chi connectivity index (χ1v) is 20.1. The number of anilines is 1. The van der Waals surface area contributed by atoms with Gasteiger partial charge in [0.15, 0.2) is 12.6 Å². The molecule has 0 N–H and O–H groups in total. The Bertz CT molecular complexity index is 2250. The van der Waals surface area contributed by atoms with Gasteiger partial charge in [0, 0.05) is 44.9 Å². The van der Waals surface area contributed by atoms with E-state index in [1.165, 1.54) is 24.3 Å². The summed E-state index contributed by atoms with van der Waals surface area (Å²) in [6.07, 6.45) is 2.72. The van der Waals surface area contributed by atoms with Crippen molar-refractivity contribution in [3.63, 3.8) is 0 Å². The van der Waals surface area contributed by atoms with Gasteiger partial charge < -0.3 is 28.6 Å². The molecule has 0 saturated carbocycles. The predicted molar refractivity (Wildman–Crippen MR) is 209 cm³/mol. The highest BCUT2D eigenvalue weighted by molar-refractivity contribution is 6.02. The third-order valence-electron chi connectivity index (χ3n) is 12.1. The third-order valence-corrected chi connectivity index (χ3v) is 12.1. The highest BCUT2D eigenvalue weighted by atomic mass is 19.3. The molecule has 0 unspecified atom stereocenters. The molecule has 4 aliphatic heterocycles. The van der Waals surface area contributed by atoms with Crippen LogP contribution in [0.5, 0.6) is 11.8 Å². The number of aromatic nitrogens is 3. The van der Waals surface area contributed by atoms with Crippen molar-refractivity contribution in [1.82, 2.24) is 24.8 Å². The molecule has 4 saturated heterocycles. The number of pyridine rings is 1. The van der Waals surface area contributed by atoms with E-state index in [1.54, 1.807) is 50.8 Å². The molecule has 4 fully saturated rings. The Balaban J connectivity index is 1.27. The van der Waals surface area contributed by atoms with Gasteiger partial charge in [-0.2, -0.15) is 18.7 Å². The Morgan fingerprint density at radius 1 is 1.05 bits per heavy atom. The van der Waals surface area contributed by atoms with Gasteiger partial charge in [0.1, 0.15) is 47.0 Å². The fourth-order valence-corrected chi connectivity index (χ4v) is 9.69. The quantitative estimate of drug-likeness (QED) is 0.103. The first-order valence-electron chi connectivity index (χ1n) is 20.1. The van der Waals surface area contributed by atoms with Gasteiger partial charge in [-0.25, -0.2) is 18.0 Å². The minimum absolute atomic E-state index is 0.0196. The van der Waals surface area contributed by atoms with Gasteiger partial charge in [0.2, 0.25) is 0 Å². The number of nitrogens with zero attached hydrogens (tertiary/aromatic N) is 6. The van der Waals surface area contributed by atoms with Crippen LogP contribution in [0, 0.1) is 11.6 Å². The summed E-state index contributed by atoms with van der Waals surface area (Å²) in [7, 11) is 1.47. The maximum atomic E-state index is 17.5. The molecule has 2 aromatic heterocycles. The molecule has 59 heavy (non-hydrogen) atoms. The van der Waals surface area contributed by atoms with Crippen molar-refractivity contribution in [3.8, 4) is 23.0 Å². The van der Waals surface area contributed by atoms with Crippen molar-refractivity contribution < 1.29 is 50.4 Å². The fourth-order valence-electron chi connectivity index (χ4n) is 9.69. The monoisotopic (exact) mass is 828 g/mol. The second-order valence-electron chi connectivity index (χ2n) is 17.1. The molecular formula is C42H49F5N6O6. The van der Waals surface area contributed by atoms with E-state index in [1.807, 2.05) is 0 Å². The lowest BCUT2D eigenvalue weighted by Crippen LogP contribution is -2.66. The molecule has 1 amide bonds. The lowest BCUT2D eigenvalue weighted by molar-refractivity contribution is -0.155. The van der Waals surface area contributed by atoms with E-state index in [9.17, 15) is 18.0 Å². The molecule has 12 nitrogen and oxygen atoms in total. The van der Waals surface area contributed by atoms with Gasteiger partial charge in [-0.15, -0.1) is 0 Å². The van der Waals surface area contributed by atoms with Gasteiger partial charge in [-0.05, 0) is 94.0 Å². The molecule has 17 heteroatoms. The molecule has 0 aliphatic carbocycles. The maximum absolute atomic E-state index is 17.5. The topological polar surface area (TPSA) is 112 Å². The normalized spacial score (nSPS) is 24.5. The van der Waals surface area contributed by atoms with Crippen LogP contribution in [-0.2, 0) is 20.6 Å². The van der Waals surface area contributed by atoms with E-state index in [2.05, 4.69) is 14.9 Å². The van der Waals surface area contributed by atoms with Crippen LogP contribution in [0.1, 0.15) is 65.4 Å². The predicted octanol–water partition coefficient (Wildman–Crippen LogP) is 7.82. The molecule has 4 aromatic rings. The summed E-state index contributed by atoms with van der Waals surface area (Å²) >= 11 is 0. The lowest BCUT2D eigenvalue weighted by atomic mass is 9.94. The number of hydrogen-bond donors (Lipinski definition) is 0. The van der Waals surface area contributed by atoms with E-state index in [0.717, 1.165) is 13.0 Å². The minimum atomic E-state index is -3.10.